The Kier molecular flexibility index (Phi) is 20.4. The van der Waals surface area contributed by atoms with Gasteiger partial charge in [0.25, 0.3) is 5.56 Å². The van der Waals surface area contributed by atoms with Crippen molar-refractivity contribution in [3.8, 4) is 17.1 Å². The number of unbranched alkanes of at least 4 members (excludes halogenated alkanes) is 1. The van der Waals surface area contributed by atoms with E-state index in [-0.39, 0.29) is 128 Å². The molecule has 5 aliphatic rings. The van der Waals surface area contributed by atoms with E-state index in [0.717, 1.165) is 11.1 Å². The van der Waals surface area contributed by atoms with Crippen LogP contribution in [-0.2, 0) is 87.8 Å². The summed E-state index contributed by atoms with van der Waals surface area (Å²) in [5, 5.41) is 66.6. The number of nitrogens with two attached hydrogens (primary N) is 2. The van der Waals surface area contributed by atoms with Crippen molar-refractivity contribution in [2.24, 2.45) is 17.5 Å². The molecule has 0 bridgehead atoms. The number of ether oxygens (including phenoxy) is 4. The fourth-order valence-corrected chi connectivity index (χ4v) is 13.4. The van der Waals surface area contributed by atoms with Crippen LogP contribution in [0.3, 0.4) is 0 Å². The third-order valence-electron chi connectivity index (χ3n) is 18.8. The summed E-state index contributed by atoms with van der Waals surface area (Å²) in [6.45, 7) is 5.72. The number of benzene rings is 4. The number of carbonyl (C=O) groups excluding carboxylic acids is 6. The van der Waals surface area contributed by atoms with Crippen LogP contribution < -0.4 is 48.0 Å². The van der Waals surface area contributed by atoms with Gasteiger partial charge in [-0.1, -0.05) is 69.3 Å². The molecule has 1 aliphatic carbocycles. The zero-order valence-corrected chi connectivity index (χ0v) is 54.7. The first-order valence-corrected chi connectivity index (χ1v) is 32.5. The Morgan fingerprint density at radius 3 is 2.36 bits per heavy atom. The van der Waals surface area contributed by atoms with E-state index in [0.29, 0.717) is 68.8 Å². The van der Waals surface area contributed by atoms with E-state index in [4.69, 9.17) is 35.5 Å². The summed E-state index contributed by atoms with van der Waals surface area (Å²) < 4.78 is 39.6. The van der Waals surface area contributed by atoms with Gasteiger partial charge in [0.05, 0.1) is 58.7 Å². The van der Waals surface area contributed by atoms with Crippen LogP contribution in [0.15, 0.2) is 83.7 Å². The number of aliphatic hydroxyl groups excluding tert-OH is 3. The molecule has 518 valence electrons. The van der Waals surface area contributed by atoms with Gasteiger partial charge in [0.2, 0.25) is 29.9 Å². The molecule has 0 saturated carbocycles. The molecule has 5 amide bonds. The maximum atomic E-state index is 15.7. The van der Waals surface area contributed by atoms with Crippen LogP contribution in [0.4, 0.5) is 14.9 Å². The molecule has 8 atom stereocenters. The molecule has 1 fully saturated rings. The minimum absolute atomic E-state index is 0.0227. The van der Waals surface area contributed by atoms with E-state index in [2.05, 4.69) is 21.3 Å². The smallest absolute Gasteiger partial charge is 0.407 e. The Labute approximate surface area is 561 Å². The summed E-state index contributed by atoms with van der Waals surface area (Å²) in [5.41, 5.74) is 11.4. The van der Waals surface area contributed by atoms with Gasteiger partial charge < -0.3 is 86.0 Å². The quantitative estimate of drug-likeness (QED) is 0.0197. The molecule has 6 heterocycles. The van der Waals surface area contributed by atoms with Gasteiger partial charge in [-0.05, 0) is 103 Å². The normalized spacial score (nSPS) is 21.6. The zero-order valence-electron chi connectivity index (χ0n) is 54.7. The number of carboxylic acids is 1. The SMILES string of the molecule is CCC1(O)C(=O)OCc2c1cc1n(c2=O)Cc2c-1nc1cc(F)c(C)c3c1c2C(NC(=O)OCc1ccc(OC2OC(C(=O)O)C(O)C(O)C2O)c(CNC(=O)C(CNC(=O)CCC(C)C)NC(=O)CCCCC(=O)N2Cc4ccccc4/C(N(C)N)=C(/N)c4ccccc42)c1)CC3. The third kappa shape index (κ3) is 13.8. The lowest BCUT2D eigenvalue weighted by atomic mass is 9.81. The molecule has 1 saturated heterocycles. The molecule has 6 aromatic rings. The molecule has 0 spiro atoms. The number of nitrogens with zero attached hydrogens (tertiary/aromatic N) is 4. The fraction of sp³-hybridized carbons (Fsp3) is 0.414. The number of pyridine rings is 2. The fourth-order valence-electron chi connectivity index (χ4n) is 13.4. The second-order valence-electron chi connectivity index (χ2n) is 25.7. The van der Waals surface area contributed by atoms with Gasteiger partial charge in [0.15, 0.2) is 11.7 Å². The lowest BCUT2D eigenvalue weighted by molar-refractivity contribution is -0.271. The Bertz CT molecular complexity index is 4290. The van der Waals surface area contributed by atoms with Crippen molar-refractivity contribution in [2.75, 3.05) is 18.5 Å². The van der Waals surface area contributed by atoms with Gasteiger partial charge in [0, 0.05) is 78.7 Å². The van der Waals surface area contributed by atoms with E-state index in [9.17, 15) is 63.9 Å². The topological polar surface area (TPSA) is 399 Å². The second kappa shape index (κ2) is 28.7. The highest BCUT2D eigenvalue weighted by Crippen LogP contribution is 2.46. The number of hydrazine groups is 1. The predicted molar refractivity (Wildman–Crippen MR) is 351 cm³/mol. The van der Waals surface area contributed by atoms with Gasteiger partial charge in [-0.25, -0.2) is 29.6 Å². The van der Waals surface area contributed by atoms with Crippen molar-refractivity contribution in [3.63, 3.8) is 0 Å². The number of rotatable bonds is 22. The number of aryl methyl sites for hydroxylation is 1. The molecule has 27 nitrogen and oxygen atoms in total. The lowest BCUT2D eigenvalue weighted by Crippen LogP contribution is -2.61. The summed E-state index contributed by atoms with van der Waals surface area (Å²) in [7, 11) is 1.69. The summed E-state index contributed by atoms with van der Waals surface area (Å²) in [6, 6.07) is 19.6. The number of aromatic nitrogens is 2. The van der Waals surface area contributed by atoms with E-state index >= 15 is 4.39 Å². The molecule has 11 rings (SSSR count). The van der Waals surface area contributed by atoms with Crippen LogP contribution >= 0.6 is 0 Å². The summed E-state index contributed by atoms with van der Waals surface area (Å²) in [4.78, 5) is 115. The molecular weight excluding hydrogens is 1270 g/mol. The Morgan fingerprint density at radius 2 is 1.62 bits per heavy atom. The molecule has 8 unspecified atom stereocenters. The maximum Gasteiger partial charge on any atom is 0.407 e. The molecule has 98 heavy (non-hydrogen) atoms. The average molecular weight is 1350 g/mol. The number of cyclic esters (lactones) is 1. The first-order valence-electron chi connectivity index (χ1n) is 32.5. The van der Waals surface area contributed by atoms with Crippen molar-refractivity contribution in [1.29, 1.82) is 0 Å². The van der Waals surface area contributed by atoms with Crippen LogP contribution in [-0.4, -0.2) is 132 Å². The summed E-state index contributed by atoms with van der Waals surface area (Å²) in [5.74, 6) is 1.26. The van der Waals surface area contributed by atoms with Crippen molar-refractivity contribution < 1.29 is 82.4 Å². The van der Waals surface area contributed by atoms with Gasteiger partial charge in [-0.3, -0.25) is 24.0 Å². The maximum absolute atomic E-state index is 15.7. The van der Waals surface area contributed by atoms with Crippen LogP contribution in [0.5, 0.6) is 5.75 Å². The second-order valence-corrected chi connectivity index (χ2v) is 25.7. The number of anilines is 1. The number of hydrogen-bond acceptors (Lipinski definition) is 20. The van der Waals surface area contributed by atoms with Crippen LogP contribution in [0, 0.1) is 18.7 Å². The van der Waals surface area contributed by atoms with Gasteiger partial charge in [0.1, 0.15) is 49.1 Å². The van der Waals surface area contributed by atoms with E-state index in [1.165, 1.54) is 39.9 Å². The highest BCUT2D eigenvalue weighted by atomic mass is 19.1. The molecule has 4 aromatic carbocycles. The Morgan fingerprint density at radius 1 is 0.888 bits per heavy atom. The average Bonchev–Trinajstić information content (AvgIpc) is 1.51. The number of carboxylic acid groups (broad SMARTS) is 1. The minimum Gasteiger partial charge on any atom is -0.479 e. The Hall–Kier alpha value is -9.84. The van der Waals surface area contributed by atoms with Crippen LogP contribution in [0.2, 0.25) is 0 Å². The third-order valence-corrected chi connectivity index (χ3v) is 18.8. The number of carbonyl (C=O) groups is 7. The zero-order chi connectivity index (χ0) is 70.2. The summed E-state index contributed by atoms with van der Waals surface area (Å²) >= 11 is 0. The van der Waals surface area contributed by atoms with Gasteiger partial charge >= 0.3 is 18.0 Å². The van der Waals surface area contributed by atoms with E-state index in [1.807, 2.05) is 50.2 Å². The number of aliphatic hydroxyl groups is 4. The summed E-state index contributed by atoms with van der Waals surface area (Å²) in [6.07, 6.45) is -9.40. The number of para-hydroxylation sites is 1. The first-order chi connectivity index (χ1) is 46.8. The highest BCUT2D eigenvalue weighted by molar-refractivity contribution is 6.01. The molecule has 0 radical (unpaired) electrons. The minimum atomic E-state index is -2.11. The number of nitrogens with one attached hydrogen (secondary N) is 4. The number of aliphatic carboxylic acids is 1. The molecule has 13 N–H and O–H groups in total. The highest BCUT2D eigenvalue weighted by Gasteiger charge is 2.49. The molecule has 4 aliphatic heterocycles. The number of hydrogen-bond donors (Lipinski definition) is 11. The number of halogens is 1. The monoisotopic (exact) mass is 1350 g/mol. The first kappa shape index (κ1) is 69.5. The number of alkyl carbamates (subject to hydrolysis) is 1. The molecule has 2 aromatic heterocycles. The molecular formula is C70H79FN10O17. The van der Waals surface area contributed by atoms with Gasteiger partial charge in [-0.15, -0.1) is 0 Å². The van der Waals surface area contributed by atoms with E-state index < -0.39 is 103 Å². The number of fused-ring (bicyclic) bond motifs is 7. The standard InChI is InChI=1S/C70H79FN10O17/c1-6-70(94)44-26-50-58-42(31-81(50)65(89)43(44)33-95-68(70)92)56-46(22-21-39-35(4)45(71)27-47(77-58)55(39)56)78-69(93)96-32-36-20-23-51(97-67-62(87)60(85)61(86)63(98-67)66(90)91)38(25-36)28-75-64(88)48(29-74-52(82)24-19-34(2)3)76-53(83)17-11-12-18-54(84)80-30-37-13-7-8-14-40(37)59(79(5)73)57(72)41-15-9-10-16-49(41)80/h7-10,13-16,20,23,25-27,34,46,48,60-63,67,85-87,94H,6,11-12,17-19,21-22,24,28-33,72-73H2,1-5H3,(H,74,82)(H,75,88)(H,76,83)(H,78,93)(H,90,91)/b59-57-. The van der Waals surface area contributed by atoms with Crippen LogP contribution in [0.1, 0.15) is 139 Å². The number of esters is 1. The van der Waals surface area contributed by atoms with Crippen molar-refractivity contribution in [2.45, 2.75) is 167 Å². The lowest BCUT2D eigenvalue weighted by Gasteiger charge is -2.38. The molecule has 28 heteroatoms. The van der Waals surface area contributed by atoms with Crippen LogP contribution in [0.25, 0.3) is 33.7 Å². The van der Waals surface area contributed by atoms with Crippen molar-refractivity contribution >= 4 is 69.6 Å². The largest absolute Gasteiger partial charge is 0.479 e. The van der Waals surface area contributed by atoms with Crippen molar-refractivity contribution in [3.05, 3.63) is 156 Å². The predicted octanol–water partition coefficient (Wildman–Crippen LogP) is 4.06. The Balaban J connectivity index is 0.807. The van der Waals surface area contributed by atoms with E-state index in [1.54, 1.807) is 37.9 Å². The van der Waals surface area contributed by atoms with Gasteiger partial charge in [-0.2, -0.15) is 0 Å². The van der Waals surface area contributed by atoms with Crippen molar-refractivity contribution in [1.82, 2.24) is 35.8 Å². The number of amides is 5.